The number of ether oxygens (including phenoxy) is 2. The van der Waals surface area contributed by atoms with Crippen molar-refractivity contribution >= 4 is 6.41 Å². The predicted octanol–water partition coefficient (Wildman–Crippen LogP) is 2.99. The molecular formula is C22H37N3O3. The molecule has 1 fully saturated rings. The molecule has 3 rings (SSSR count). The van der Waals surface area contributed by atoms with E-state index in [4.69, 9.17) is 15.2 Å². The van der Waals surface area contributed by atoms with Gasteiger partial charge in [0.05, 0.1) is 20.3 Å². The van der Waals surface area contributed by atoms with Crippen molar-refractivity contribution in [3.8, 4) is 11.5 Å². The van der Waals surface area contributed by atoms with Gasteiger partial charge in [-0.2, -0.15) is 0 Å². The van der Waals surface area contributed by atoms with Gasteiger partial charge in [-0.25, -0.2) is 0 Å². The minimum absolute atomic E-state index is 0.0163. The summed E-state index contributed by atoms with van der Waals surface area (Å²) >= 11 is 0. The quantitative estimate of drug-likeness (QED) is 0.724. The number of nitrogens with two attached hydrogens (primary N) is 1. The lowest BCUT2D eigenvalue weighted by Crippen LogP contribution is -2.59. The van der Waals surface area contributed by atoms with Crippen molar-refractivity contribution in [3.05, 3.63) is 23.3 Å². The number of methoxy groups -OCH3 is 2. The van der Waals surface area contributed by atoms with Crippen LogP contribution in [0.3, 0.4) is 0 Å². The normalized spacial score (nSPS) is 23.6. The molecule has 1 saturated heterocycles. The second-order valence-corrected chi connectivity index (χ2v) is 7.33. The Morgan fingerprint density at radius 3 is 2.54 bits per heavy atom. The fourth-order valence-corrected chi connectivity index (χ4v) is 4.35. The maximum absolute atomic E-state index is 11.6. The molecule has 6 nitrogen and oxygen atoms in total. The van der Waals surface area contributed by atoms with Crippen molar-refractivity contribution in [2.75, 3.05) is 33.9 Å². The number of rotatable bonds is 7. The number of hydrogen-bond donors (Lipinski definition) is 1. The van der Waals surface area contributed by atoms with Crippen LogP contribution in [0.25, 0.3) is 0 Å². The minimum Gasteiger partial charge on any atom is -0.493 e. The molecule has 28 heavy (non-hydrogen) atoms. The zero-order valence-corrected chi connectivity index (χ0v) is 18.1. The highest BCUT2D eigenvalue weighted by Gasteiger charge is 2.39. The van der Waals surface area contributed by atoms with Gasteiger partial charge in [0.25, 0.3) is 0 Å². The van der Waals surface area contributed by atoms with Gasteiger partial charge >= 0.3 is 0 Å². The van der Waals surface area contributed by atoms with Crippen LogP contribution in [0.2, 0.25) is 0 Å². The standard InChI is InChI=1S/C20H31N3O3.C2H6/c1-4-5-7-23(13-24)18-12-22-8-6-14-9-19(25-2)20(26-3)10-15(14)17(22)11-16(18)21;1-2/h9-10,13,16-18H,4-8,11-12,21H2,1-3H3;1-2H3/t16?,17?,18-;/m0./s1. The molecule has 2 aliphatic rings. The van der Waals surface area contributed by atoms with Gasteiger partial charge in [0.2, 0.25) is 6.41 Å². The highest BCUT2D eigenvalue weighted by Crippen LogP contribution is 2.42. The Balaban J connectivity index is 0.00000136. The zero-order valence-electron chi connectivity index (χ0n) is 18.1. The molecule has 2 unspecified atom stereocenters. The Morgan fingerprint density at radius 2 is 1.93 bits per heavy atom. The monoisotopic (exact) mass is 391 g/mol. The largest absolute Gasteiger partial charge is 0.493 e. The number of carbonyl (C=O) groups is 1. The second kappa shape index (κ2) is 10.7. The van der Waals surface area contributed by atoms with Crippen LogP contribution in [0.1, 0.15) is 57.2 Å². The Morgan fingerprint density at radius 1 is 1.25 bits per heavy atom. The molecule has 2 heterocycles. The van der Waals surface area contributed by atoms with E-state index in [0.717, 1.165) is 63.2 Å². The van der Waals surface area contributed by atoms with Crippen LogP contribution in [-0.4, -0.2) is 62.1 Å². The van der Waals surface area contributed by atoms with Gasteiger partial charge in [-0.05, 0) is 42.5 Å². The van der Waals surface area contributed by atoms with E-state index in [-0.39, 0.29) is 18.1 Å². The molecule has 2 N–H and O–H groups in total. The minimum atomic E-state index is -0.0163. The highest BCUT2D eigenvalue weighted by molar-refractivity contribution is 5.50. The molecule has 0 aliphatic carbocycles. The lowest BCUT2D eigenvalue weighted by atomic mass is 9.83. The summed E-state index contributed by atoms with van der Waals surface area (Å²) in [4.78, 5) is 16.0. The van der Waals surface area contributed by atoms with Crippen LogP contribution in [0.5, 0.6) is 11.5 Å². The van der Waals surface area contributed by atoms with E-state index in [1.165, 1.54) is 11.1 Å². The Labute approximate surface area is 170 Å². The number of nitrogens with zero attached hydrogens (tertiary/aromatic N) is 2. The molecule has 2 aliphatic heterocycles. The van der Waals surface area contributed by atoms with E-state index >= 15 is 0 Å². The molecule has 1 aromatic rings. The molecule has 0 aromatic heterocycles. The first kappa shape index (κ1) is 22.5. The van der Waals surface area contributed by atoms with Crippen LogP contribution in [-0.2, 0) is 11.2 Å². The number of amides is 1. The summed E-state index contributed by atoms with van der Waals surface area (Å²) in [7, 11) is 3.34. The number of benzene rings is 1. The maximum Gasteiger partial charge on any atom is 0.210 e. The summed E-state index contributed by atoms with van der Waals surface area (Å²) in [6.07, 6.45) is 4.90. The number of fused-ring (bicyclic) bond motifs is 3. The third-order valence-electron chi connectivity index (χ3n) is 5.86. The summed E-state index contributed by atoms with van der Waals surface area (Å²) in [6.45, 7) is 8.75. The zero-order chi connectivity index (χ0) is 20.7. The van der Waals surface area contributed by atoms with Gasteiger partial charge in [0.15, 0.2) is 11.5 Å². The first-order valence-electron chi connectivity index (χ1n) is 10.6. The summed E-state index contributed by atoms with van der Waals surface area (Å²) in [5, 5.41) is 0. The third kappa shape index (κ3) is 4.61. The van der Waals surface area contributed by atoms with E-state index < -0.39 is 0 Å². The van der Waals surface area contributed by atoms with E-state index in [1.54, 1.807) is 14.2 Å². The predicted molar refractivity (Wildman–Crippen MR) is 113 cm³/mol. The smallest absolute Gasteiger partial charge is 0.210 e. The Hall–Kier alpha value is -1.79. The van der Waals surface area contributed by atoms with Gasteiger partial charge < -0.3 is 20.1 Å². The highest BCUT2D eigenvalue weighted by atomic mass is 16.5. The number of unbranched alkanes of at least 4 members (excludes halogenated alkanes) is 1. The molecule has 3 atom stereocenters. The fraction of sp³-hybridized carbons (Fsp3) is 0.682. The van der Waals surface area contributed by atoms with Crippen molar-refractivity contribution in [3.63, 3.8) is 0 Å². The summed E-state index contributed by atoms with van der Waals surface area (Å²) < 4.78 is 11.0. The molecule has 0 radical (unpaired) electrons. The average molecular weight is 392 g/mol. The van der Waals surface area contributed by atoms with Gasteiger partial charge in [-0.1, -0.05) is 27.2 Å². The van der Waals surface area contributed by atoms with Gasteiger partial charge in [-0.15, -0.1) is 0 Å². The van der Waals surface area contributed by atoms with Crippen molar-refractivity contribution in [2.45, 2.75) is 64.6 Å². The van der Waals surface area contributed by atoms with Crippen molar-refractivity contribution < 1.29 is 14.3 Å². The van der Waals surface area contributed by atoms with Crippen LogP contribution < -0.4 is 15.2 Å². The van der Waals surface area contributed by atoms with Crippen molar-refractivity contribution in [1.29, 1.82) is 0 Å². The molecule has 6 heteroatoms. The molecule has 158 valence electrons. The Bertz CT molecular complexity index is 638. The fourth-order valence-electron chi connectivity index (χ4n) is 4.35. The summed E-state index contributed by atoms with van der Waals surface area (Å²) in [6, 6.07) is 4.56. The molecule has 0 saturated carbocycles. The molecule has 0 bridgehead atoms. The van der Waals surface area contributed by atoms with Crippen LogP contribution in [0.4, 0.5) is 0 Å². The SMILES string of the molecule is CC.CCCCN(C=O)[C@H]1CN2CCc3cc(OC)c(OC)cc3C2CC1N. The lowest BCUT2D eigenvalue weighted by molar-refractivity contribution is -0.122. The Kier molecular flexibility index (Phi) is 8.58. The number of carbonyl (C=O) groups excluding carboxylic acids is 1. The maximum atomic E-state index is 11.6. The van der Waals surface area contributed by atoms with Gasteiger partial charge in [0.1, 0.15) is 0 Å². The van der Waals surface area contributed by atoms with Crippen LogP contribution in [0, 0.1) is 0 Å². The van der Waals surface area contributed by atoms with Gasteiger partial charge in [0, 0.05) is 31.7 Å². The van der Waals surface area contributed by atoms with E-state index in [9.17, 15) is 4.79 Å². The van der Waals surface area contributed by atoms with E-state index in [0.29, 0.717) is 0 Å². The third-order valence-corrected chi connectivity index (χ3v) is 5.86. The van der Waals surface area contributed by atoms with Crippen LogP contribution >= 0.6 is 0 Å². The van der Waals surface area contributed by atoms with Crippen LogP contribution in [0.15, 0.2) is 12.1 Å². The van der Waals surface area contributed by atoms with E-state index in [2.05, 4.69) is 24.0 Å². The topological polar surface area (TPSA) is 68.0 Å². The number of hydrogen-bond acceptors (Lipinski definition) is 5. The number of piperidine rings is 1. The summed E-state index contributed by atoms with van der Waals surface area (Å²) in [5.74, 6) is 1.55. The molecule has 0 spiro atoms. The first-order chi connectivity index (χ1) is 13.6. The average Bonchev–Trinajstić information content (AvgIpc) is 2.74. The molecular weight excluding hydrogens is 354 g/mol. The van der Waals surface area contributed by atoms with E-state index in [1.807, 2.05) is 18.7 Å². The van der Waals surface area contributed by atoms with Gasteiger partial charge in [-0.3, -0.25) is 9.69 Å². The summed E-state index contributed by atoms with van der Waals surface area (Å²) in [5.41, 5.74) is 9.13. The van der Waals surface area contributed by atoms with Crippen molar-refractivity contribution in [1.82, 2.24) is 9.80 Å². The first-order valence-corrected chi connectivity index (χ1v) is 10.6. The lowest BCUT2D eigenvalue weighted by Gasteiger charge is -2.48. The van der Waals surface area contributed by atoms with Crippen molar-refractivity contribution in [2.24, 2.45) is 5.73 Å². The molecule has 1 amide bonds. The second-order valence-electron chi connectivity index (χ2n) is 7.33. The molecule has 1 aromatic carbocycles.